The molecule has 2 rings (SSSR count). The van der Waals surface area contributed by atoms with Crippen molar-refractivity contribution in [1.29, 1.82) is 0 Å². The van der Waals surface area contributed by atoms with Crippen LogP contribution in [-0.4, -0.2) is 35.5 Å². The molecule has 1 aromatic rings. The van der Waals surface area contributed by atoms with Crippen LogP contribution in [0.25, 0.3) is 0 Å². The van der Waals surface area contributed by atoms with Crippen LogP contribution < -0.4 is 5.32 Å². The Kier molecular flexibility index (Phi) is 5.14. The van der Waals surface area contributed by atoms with Crippen LogP contribution in [0.5, 0.6) is 0 Å². The monoisotopic (exact) mass is 278 g/mol. The van der Waals surface area contributed by atoms with Crippen molar-refractivity contribution >= 4 is 17.8 Å². The van der Waals surface area contributed by atoms with Crippen LogP contribution in [0.15, 0.2) is 30.3 Å². The zero-order chi connectivity index (χ0) is 13.7. The molecule has 1 aromatic carbocycles. The third-order valence-electron chi connectivity index (χ3n) is 3.82. The van der Waals surface area contributed by atoms with E-state index in [4.69, 9.17) is 0 Å². The van der Waals surface area contributed by atoms with Crippen LogP contribution in [-0.2, 0) is 6.54 Å². The summed E-state index contributed by atoms with van der Waals surface area (Å²) < 4.78 is 0. The first-order valence-electron chi connectivity index (χ1n) is 6.79. The topological polar surface area (TPSA) is 32.3 Å². The SMILES string of the molecule is CS[C@H]1CCC[C@H]1N(C)C(=O)NCc1ccccc1. The molecule has 0 unspecified atom stereocenters. The first kappa shape index (κ1) is 14.3. The van der Waals surface area contributed by atoms with Gasteiger partial charge in [0.25, 0.3) is 0 Å². The third-order valence-corrected chi connectivity index (χ3v) is 4.98. The Hall–Kier alpha value is -1.16. The summed E-state index contributed by atoms with van der Waals surface area (Å²) in [6.07, 6.45) is 5.72. The van der Waals surface area contributed by atoms with Gasteiger partial charge in [0.15, 0.2) is 0 Å². The summed E-state index contributed by atoms with van der Waals surface area (Å²) in [5.41, 5.74) is 1.14. The van der Waals surface area contributed by atoms with Crippen molar-refractivity contribution in [2.45, 2.75) is 37.1 Å². The van der Waals surface area contributed by atoms with Crippen LogP contribution in [0.3, 0.4) is 0 Å². The van der Waals surface area contributed by atoms with Crippen LogP contribution in [0, 0.1) is 0 Å². The lowest BCUT2D eigenvalue weighted by Gasteiger charge is -2.29. The number of rotatable bonds is 4. The van der Waals surface area contributed by atoms with E-state index in [2.05, 4.69) is 11.6 Å². The Morgan fingerprint density at radius 2 is 2.11 bits per heavy atom. The maximum absolute atomic E-state index is 12.2. The smallest absolute Gasteiger partial charge is 0.317 e. The molecule has 4 heteroatoms. The Balaban J connectivity index is 1.85. The predicted molar refractivity (Wildman–Crippen MR) is 81.4 cm³/mol. The van der Waals surface area contributed by atoms with Gasteiger partial charge in [-0.3, -0.25) is 0 Å². The summed E-state index contributed by atoms with van der Waals surface area (Å²) in [4.78, 5) is 14.1. The molecule has 0 radical (unpaired) electrons. The molecular formula is C15H22N2OS. The van der Waals surface area contributed by atoms with E-state index < -0.39 is 0 Å². The van der Waals surface area contributed by atoms with Gasteiger partial charge in [0.2, 0.25) is 0 Å². The molecule has 1 aliphatic rings. The third kappa shape index (κ3) is 3.66. The lowest BCUT2D eigenvalue weighted by molar-refractivity contribution is 0.191. The van der Waals surface area contributed by atoms with Gasteiger partial charge in [-0.15, -0.1) is 0 Å². The minimum absolute atomic E-state index is 0.0369. The molecule has 3 nitrogen and oxygen atoms in total. The number of nitrogens with zero attached hydrogens (tertiary/aromatic N) is 1. The van der Waals surface area contributed by atoms with Gasteiger partial charge in [-0.2, -0.15) is 11.8 Å². The summed E-state index contributed by atoms with van der Waals surface area (Å²) in [6.45, 7) is 0.598. The van der Waals surface area contributed by atoms with Crippen molar-refractivity contribution in [1.82, 2.24) is 10.2 Å². The molecule has 19 heavy (non-hydrogen) atoms. The molecule has 0 aromatic heterocycles. The molecule has 2 amide bonds. The Morgan fingerprint density at radius 3 is 2.79 bits per heavy atom. The summed E-state index contributed by atoms with van der Waals surface area (Å²) in [5, 5.41) is 3.59. The van der Waals surface area contributed by atoms with E-state index >= 15 is 0 Å². The number of nitrogens with one attached hydrogen (secondary N) is 1. The quantitative estimate of drug-likeness (QED) is 0.918. The summed E-state index contributed by atoms with van der Waals surface area (Å²) in [7, 11) is 1.92. The summed E-state index contributed by atoms with van der Waals surface area (Å²) >= 11 is 1.88. The molecule has 0 aliphatic heterocycles. The van der Waals surface area contributed by atoms with E-state index in [0.29, 0.717) is 17.8 Å². The molecule has 2 atom stereocenters. The molecule has 1 saturated carbocycles. The molecule has 1 aliphatic carbocycles. The second-order valence-corrected chi connectivity index (χ2v) is 6.10. The number of hydrogen-bond donors (Lipinski definition) is 1. The molecule has 0 saturated heterocycles. The summed E-state index contributed by atoms with van der Waals surface area (Å²) in [6, 6.07) is 10.4. The average molecular weight is 278 g/mol. The van der Waals surface area contributed by atoms with Gasteiger partial charge in [-0.25, -0.2) is 4.79 Å². The number of carbonyl (C=O) groups is 1. The van der Waals surface area contributed by atoms with Crippen LogP contribution >= 0.6 is 11.8 Å². The zero-order valence-corrected chi connectivity index (χ0v) is 12.5. The van der Waals surface area contributed by atoms with Crippen molar-refractivity contribution in [3.8, 4) is 0 Å². The van der Waals surface area contributed by atoms with Gasteiger partial charge in [0, 0.05) is 24.9 Å². The molecule has 0 heterocycles. The standard InChI is InChI=1S/C15H22N2OS/c1-17(13-9-6-10-14(13)19-2)15(18)16-11-12-7-4-3-5-8-12/h3-5,7-8,13-14H,6,9-11H2,1-2H3,(H,16,18)/t13-,14+/m1/s1. The highest BCUT2D eigenvalue weighted by atomic mass is 32.2. The fourth-order valence-corrected chi connectivity index (χ4v) is 3.71. The van der Waals surface area contributed by atoms with E-state index in [1.54, 1.807) is 0 Å². The first-order chi connectivity index (χ1) is 9.22. The lowest BCUT2D eigenvalue weighted by atomic mass is 10.2. The van der Waals surface area contributed by atoms with Gasteiger partial charge in [0.05, 0.1) is 0 Å². The van der Waals surface area contributed by atoms with Crippen molar-refractivity contribution in [3.63, 3.8) is 0 Å². The van der Waals surface area contributed by atoms with Crippen molar-refractivity contribution in [3.05, 3.63) is 35.9 Å². The number of hydrogen-bond acceptors (Lipinski definition) is 2. The van der Waals surface area contributed by atoms with Crippen molar-refractivity contribution < 1.29 is 4.79 Å². The van der Waals surface area contributed by atoms with E-state index in [9.17, 15) is 4.79 Å². The summed E-state index contributed by atoms with van der Waals surface area (Å²) in [5.74, 6) is 0. The largest absolute Gasteiger partial charge is 0.334 e. The number of urea groups is 1. The second kappa shape index (κ2) is 6.85. The Bertz CT molecular complexity index is 410. The lowest BCUT2D eigenvalue weighted by Crippen LogP contribution is -2.45. The second-order valence-electron chi connectivity index (χ2n) is 5.03. The molecule has 1 N–H and O–H groups in total. The zero-order valence-electron chi connectivity index (χ0n) is 11.6. The highest BCUT2D eigenvalue weighted by molar-refractivity contribution is 7.99. The highest BCUT2D eigenvalue weighted by Crippen LogP contribution is 2.31. The van der Waals surface area contributed by atoms with Crippen LogP contribution in [0.4, 0.5) is 4.79 Å². The fraction of sp³-hybridized carbons (Fsp3) is 0.533. The number of benzene rings is 1. The van der Waals surface area contributed by atoms with E-state index in [0.717, 1.165) is 12.0 Å². The van der Waals surface area contributed by atoms with Crippen molar-refractivity contribution in [2.75, 3.05) is 13.3 Å². The van der Waals surface area contributed by atoms with Gasteiger partial charge >= 0.3 is 6.03 Å². The van der Waals surface area contributed by atoms with E-state index in [-0.39, 0.29) is 6.03 Å². The van der Waals surface area contributed by atoms with Crippen LogP contribution in [0.2, 0.25) is 0 Å². The average Bonchev–Trinajstić information content (AvgIpc) is 2.93. The number of carbonyl (C=O) groups excluding carboxylic acids is 1. The van der Waals surface area contributed by atoms with Gasteiger partial charge in [-0.05, 0) is 24.7 Å². The normalized spacial score (nSPS) is 22.2. The highest BCUT2D eigenvalue weighted by Gasteiger charge is 2.31. The molecule has 104 valence electrons. The fourth-order valence-electron chi connectivity index (χ4n) is 2.67. The van der Waals surface area contributed by atoms with E-state index in [1.807, 2.05) is 54.0 Å². The molecule has 0 bridgehead atoms. The van der Waals surface area contributed by atoms with Crippen LogP contribution in [0.1, 0.15) is 24.8 Å². The Morgan fingerprint density at radius 1 is 1.37 bits per heavy atom. The van der Waals surface area contributed by atoms with Gasteiger partial charge in [0.1, 0.15) is 0 Å². The molecular weight excluding hydrogens is 256 g/mol. The van der Waals surface area contributed by atoms with Gasteiger partial charge in [-0.1, -0.05) is 36.8 Å². The van der Waals surface area contributed by atoms with Crippen molar-refractivity contribution in [2.24, 2.45) is 0 Å². The predicted octanol–water partition coefficient (Wildman–Crippen LogP) is 3.11. The molecule has 0 spiro atoms. The number of thioether (sulfide) groups is 1. The Labute approximate surface area is 119 Å². The maximum atomic E-state index is 12.2. The minimum atomic E-state index is 0.0369. The maximum Gasteiger partial charge on any atom is 0.317 e. The minimum Gasteiger partial charge on any atom is -0.334 e. The van der Waals surface area contributed by atoms with Gasteiger partial charge < -0.3 is 10.2 Å². The molecule has 1 fully saturated rings. The van der Waals surface area contributed by atoms with E-state index in [1.165, 1.54) is 12.8 Å². The first-order valence-corrected chi connectivity index (χ1v) is 8.08. The number of amides is 2.